The van der Waals surface area contributed by atoms with E-state index in [1.807, 2.05) is 0 Å². The van der Waals surface area contributed by atoms with E-state index in [-0.39, 0.29) is 23.5 Å². The van der Waals surface area contributed by atoms with E-state index in [1.165, 1.54) is 0 Å². The molecule has 7 heteroatoms. The predicted molar refractivity (Wildman–Crippen MR) is 58.0 cm³/mol. The predicted octanol–water partition coefficient (Wildman–Crippen LogP) is 1.60. The zero-order chi connectivity index (χ0) is 11.9. The molecule has 94 valence electrons. The van der Waals surface area contributed by atoms with Crippen LogP contribution in [0, 0.1) is 0 Å². The number of alkyl halides is 4. The molecule has 2 N–H and O–H groups in total. The first kappa shape index (κ1) is 12.6. The number of piperidine rings is 1. The maximum atomic E-state index is 12.6. The third-order valence-corrected chi connectivity index (χ3v) is 4.40. The summed E-state index contributed by atoms with van der Waals surface area (Å²) >= 11 is 3.47. The molecule has 0 aromatic rings. The van der Waals surface area contributed by atoms with Crippen molar-refractivity contribution in [3.63, 3.8) is 0 Å². The number of hydrogen-bond acceptors (Lipinski definition) is 3. The fourth-order valence-corrected chi connectivity index (χ4v) is 3.20. The average molecular weight is 302 g/mol. The fourth-order valence-electron chi connectivity index (χ4n) is 2.47. The number of hydrogen-bond donors (Lipinski definition) is 2. The lowest BCUT2D eigenvalue weighted by Gasteiger charge is -2.39. The Morgan fingerprint density at radius 1 is 1.38 bits per heavy atom. The molecule has 2 fully saturated rings. The normalized spacial score (nSPS) is 41.1. The molecule has 2 rings (SSSR count). The van der Waals surface area contributed by atoms with Gasteiger partial charge in [0, 0.05) is 10.9 Å². The van der Waals surface area contributed by atoms with Gasteiger partial charge in [-0.05, 0) is 26.3 Å². The van der Waals surface area contributed by atoms with Crippen LogP contribution in [0.15, 0.2) is 0 Å². The number of nitrogens with one attached hydrogen (secondary N) is 2. The minimum absolute atomic E-state index is 0.00819. The number of fused-ring (bicyclic) bond motifs is 1. The molecule has 2 aliphatic rings. The van der Waals surface area contributed by atoms with E-state index in [1.54, 1.807) is 12.1 Å². The van der Waals surface area contributed by atoms with Crippen LogP contribution >= 0.6 is 15.9 Å². The molecule has 3 nitrogen and oxygen atoms in total. The highest BCUT2D eigenvalue weighted by molar-refractivity contribution is 9.09. The monoisotopic (exact) mass is 301 g/mol. The van der Waals surface area contributed by atoms with Crippen molar-refractivity contribution in [1.82, 2.24) is 15.8 Å². The molecular weight excluding hydrogens is 287 g/mol. The molecule has 0 radical (unpaired) electrons. The Kier molecular flexibility index (Phi) is 3.49. The van der Waals surface area contributed by atoms with Crippen LogP contribution < -0.4 is 10.7 Å². The molecule has 0 aliphatic carbocycles. The summed E-state index contributed by atoms with van der Waals surface area (Å²) in [5.41, 5.74) is 2.58. The summed E-state index contributed by atoms with van der Waals surface area (Å²) in [4.78, 5) is 0.136. The molecule has 4 unspecified atom stereocenters. The highest BCUT2D eigenvalue weighted by Gasteiger charge is 2.51. The Labute approximate surface area is 101 Å². The molecule has 0 amide bonds. The summed E-state index contributed by atoms with van der Waals surface area (Å²) in [5.74, 6) is 0. The first-order chi connectivity index (χ1) is 7.43. The van der Waals surface area contributed by atoms with E-state index in [0.29, 0.717) is 0 Å². The van der Waals surface area contributed by atoms with Crippen molar-refractivity contribution in [2.75, 3.05) is 7.05 Å². The third kappa shape index (κ3) is 2.23. The zero-order valence-electron chi connectivity index (χ0n) is 8.89. The van der Waals surface area contributed by atoms with Crippen LogP contribution in [-0.4, -0.2) is 41.3 Å². The van der Waals surface area contributed by atoms with Crippen molar-refractivity contribution in [2.45, 2.75) is 48.5 Å². The summed E-state index contributed by atoms with van der Waals surface area (Å²) in [6, 6.07) is -1.50. The van der Waals surface area contributed by atoms with Crippen LogP contribution in [0.4, 0.5) is 13.2 Å². The second kappa shape index (κ2) is 4.44. The number of nitrogens with zero attached hydrogens (tertiary/aromatic N) is 1. The molecule has 2 heterocycles. The van der Waals surface area contributed by atoms with E-state index in [9.17, 15) is 13.2 Å². The SMILES string of the molecule is CNC1CCC(Br)C2CC(C(F)(F)F)NN12. The maximum absolute atomic E-state index is 12.6. The van der Waals surface area contributed by atoms with Gasteiger partial charge in [-0.1, -0.05) is 15.9 Å². The van der Waals surface area contributed by atoms with Crippen LogP contribution in [0.5, 0.6) is 0 Å². The summed E-state index contributed by atoms with van der Waals surface area (Å²) < 4.78 is 37.9. The second-order valence-electron chi connectivity index (χ2n) is 4.33. The summed E-state index contributed by atoms with van der Waals surface area (Å²) in [6.07, 6.45) is -2.30. The van der Waals surface area contributed by atoms with Crippen LogP contribution in [0.3, 0.4) is 0 Å². The van der Waals surface area contributed by atoms with Crippen LogP contribution in [0.1, 0.15) is 19.3 Å². The second-order valence-corrected chi connectivity index (χ2v) is 5.51. The summed E-state index contributed by atoms with van der Waals surface area (Å²) in [5, 5.41) is 4.77. The molecule has 2 saturated heterocycles. The first-order valence-electron chi connectivity index (χ1n) is 5.36. The van der Waals surface area contributed by atoms with Crippen LogP contribution in [0.25, 0.3) is 0 Å². The van der Waals surface area contributed by atoms with Crippen molar-refractivity contribution in [2.24, 2.45) is 0 Å². The molecule has 0 aromatic heterocycles. The molecule has 2 aliphatic heterocycles. The van der Waals surface area contributed by atoms with E-state index in [2.05, 4.69) is 26.7 Å². The third-order valence-electron chi connectivity index (χ3n) is 3.34. The quantitative estimate of drug-likeness (QED) is 0.721. The molecule has 0 aromatic carbocycles. The maximum Gasteiger partial charge on any atom is 0.405 e. The summed E-state index contributed by atoms with van der Waals surface area (Å²) in [6.45, 7) is 0. The van der Waals surface area contributed by atoms with Crippen LogP contribution in [-0.2, 0) is 0 Å². The zero-order valence-corrected chi connectivity index (χ0v) is 10.5. The van der Waals surface area contributed by atoms with E-state index in [0.717, 1.165) is 12.8 Å². The number of rotatable bonds is 1. The summed E-state index contributed by atoms with van der Waals surface area (Å²) in [7, 11) is 1.78. The molecule has 0 bridgehead atoms. The lowest BCUT2D eigenvalue weighted by molar-refractivity contribution is -0.158. The van der Waals surface area contributed by atoms with Crippen LogP contribution in [0.2, 0.25) is 0 Å². The van der Waals surface area contributed by atoms with Gasteiger partial charge in [0.2, 0.25) is 0 Å². The van der Waals surface area contributed by atoms with Gasteiger partial charge >= 0.3 is 6.18 Å². The van der Waals surface area contributed by atoms with Gasteiger partial charge in [-0.25, -0.2) is 10.4 Å². The Bertz CT molecular complexity index is 261. The van der Waals surface area contributed by atoms with Gasteiger partial charge in [0.05, 0.1) is 6.17 Å². The molecule has 0 spiro atoms. The fraction of sp³-hybridized carbons (Fsp3) is 1.00. The standard InChI is InChI=1S/C9H15BrF3N3/c1-14-8-3-2-5(10)6-4-7(9(11,12)13)15-16(6)8/h5-8,14-15H,2-4H2,1H3. The van der Waals surface area contributed by atoms with E-state index < -0.39 is 12.2 Å². The van der Waals surface area contributed by atoms with Crippen molar-refractivity contribution < 1.29 is 13.2 Å². The van der Waals surface area contributed by atoms with Crippen molar-refractivity contribution >= 4 is 15.9 Å². The molecule has 4 atom stereocenters. The van der Waals surface area contributed by atoms with Crippen molar-refractivity contribution in [1.29, 1.82) is 0 Å². The van der Waals surface area contributed by atoms with Gasteiger partial charge in [-0.2, -0.15) is 13.2 Å². The van der Waals surface area contributed by atoms with Gasteiger partial charge in [0.15, 0.2) is 0 Å². The molecule has 0 saturated carbocycles. The molecule has 16 heavy (non-hydrogen) atoms. The minimum Gasteiger partial charge on any atom is -0.304 e. The van der Waals surface area contributed by atoms with Gasteiger partial charge in [0.1, 0.15) is 6.04 Å². The Morgan fingerprint density at radius 2 is 2.06 bits per heavy atom. The highest BCUT2D eigenvalue weighted by atomic mass is 79.9. The van der Waals surface area contributed by atoms with Gasteiger partial charge in [-0.15, -0.1) is 0 Å². The highest BCUT2D eigenvalue weighted by Crippen LogP contribution is 2.37. The minimum atomic E-state index is -4.16. The van der Waals surface area contributed by atoms with Crippen molar-refractivity contribution in [3.05, 3.63) is 0 Å². The van der Waals surface area contributed by atoms with Gasteiger partial charge in [-0.3, -0.25) is 0 Å². The van der Waals surface area contributed by atoms with Gasteiger partial charge < -0.3 is 5.32 Å². The smallest absolute Gasteiger partial charge is 0.304 e. The number of hydrazine groups is 1. The van der Waals surface area contributed by atoms with Crippen molar-refractivity contribution in [3.8, 4) is 0 Å². The topological polar surface area (TPSA) is 27.3 Å². The molecular formula is C9H15BrF3N3. The largest absolute Gasteiger partial charge is 0.405 e. The lowest BCUT2D eigenvalue weighted by atomic mass is 9.98. The van der Waals surface area contributed by atoms with E-state index >= 15 is 0 Å². The lowest BCUT2D eigenvalue weighted by Crippen LogP contribution is -2.58. The average Bonchev–Trinajstić information content (AvgIpc) is 2.63. The Morgan fingerprint density at radius 3 is 2.62 bits per heavy atom. The Hall–Kier alpha value is 0.150. The van der Waals surface area contributed by atoms with Gasteiger partial charge in [0.25, 0.3) is 0 Å². The first-order valence-corrected chi connectivity index (χ1v) is 6.27. The van der Waals surface area contributed by atoms with E-state index in [4.69, 9.17) is 0 Å². The Balaban J connectivity index is 2.11. The number of halogens is 4.